The molecule has 2 atom stereocenters. The second-order valence-electron chi connectivity index (χ2n) is 4.75. The smallest absolute Gasteiger partial charge is 0.0796 e. The van der Waals surface area contributed by atoms with E-state index in [1.54, 1.807) is 0 Å². The molecule has 0 fully saturated rings. The largest absolute Gasteiger partial charge is 0.391 e. The fourth-order valence-electron chi connectivity index (χ4n) is 1.73. The van der Waals surface area contributed by atoms with Crippen LogP contribution in [0.5, 0.6) is 0 Å². The zero-order valence-electron chi connectivity index (χ0n) is 12.7. The van der Waals surface area contributed by atoms with Crippen molar-refractivity contribution in [1.29, 1.82) is 5.26 Å². The third-order valence-corrected chi connectivity index (χ3v) is 2.73. The summed E-state index contributed by atoms with van der Waals surface area (Å²) in [4.78, 5) is 2.02. The second kappa shape index (κ2) is 20.6. The number of nitrogens with one attached hydrogen (secondary N) is 1. The van der Waals surface area contributed by atoms with Crippen molar-refractivity contribution in [2.75, 3.05) is 33.2 Å². The number of hydrogen-bond donors (Lipinski definition) is 3. The minimum atomic E-state index is -0.563. The van der Waals surface area contributed by atoms with Crippen molar-refractivity contribution < 1.29 is 10.2 Å². The van der Waals surface area contributed by atoms with Gasteiger partial charge in [0.15, 0.2) is 0 Å². The van der Waals surface area contributed by atoms with Crippen LogP contribution in [0.1, 0.15) is 33.1 Å². The van der Waals surface area contributed by atoms with Gasteiger partial charge in [-0.3, -0.25) is 0 Å². The number of likely N-dealkylation sites (N-methyl/N-ethyl adjacent to an activating group) is 1. The summed E-state index contributed by atoms with van der Waals surface area (Å²) in [6.07, 6.45) is 6.64. The summed E-state index contributed by atoms with van der Waals surface area (Å²) >= 11 is 0. The molecule has 132 valence electrons. The van der Waals surface area contributed by atoms with E-state index >= 15 is 0 Å². The third kappa shape index (κ3) is 19.6. The molecule has 0 aromatic heterocycles. The quantitative estimate of drug-likeness (QED) is 0.379. The molecule has 0 heterocycles. The van der Waals surface area contributed by atoms with Crippen molar-refractivity contribution in [3.05, 3.63) is 0 Å². The maximum Gasteiger partial charge on any atom is 0.0796 e. The van der Waals surface area contributed by atoms with Crippen molar-refractivity contribution in [1.82, 2.24) is 10.2 Å². The minimum Gasteiger partial charge on any atom is -0.391 e. The topological polar surface area (TPSA) is 79.5 Å². The molecule has 0 saturated carbocycles. The maximum absolute atomic E-state index is 9.45. The normalized spacial score (nSPS) is 11.9. The molecule has 0 saturated heterocycles. The lowest BCUT2D eigenvalue weighted by Gasteiger charge is -2.19. The standard InChI is InChI=1S/C14H25N3O2.CH4.2H2S/c1-3-6-13(18)11-16-9-4-5-10-17(2)12-14(19)7-8-15;;;/h1,13-14,16,18-19H,4-7,9-12H2,2H3;1H4;2*1H2/t13-,14-;;;/m0.../s1. The van der Waals surface area contributed by atoms with E-state index in [9.17, 15) is 10.2 Å². The highest BCUT2D eigenvalue weighted by Gasteiger charge is 2.07. The fraction of sp³-hybridized carbons (Fsp3) is 0.800. The molecule has 22 heavy (non-hydrogen) atoms. The first-order valence-corrected chi connectivity index (χ1v) is 6.66. The highest BCUT2D eigenvalue weighted by atomic mass is 32.1. The van der Waals surface area contributed by atoms with Crippen LogP contribution in [0, 0.1) is 23.7 Å². The monoisotopic (exact) mass is 351 g/mol. The highest BCUT2D eigenvalue weighted by molar-refractivity contribution is 7.59. The van der Waals surface area contributed by atoms with E-state index in [4.69, 9.17) is 11.7 Å². The first kappa shape index (κ1) is 29.6. The predicted octanol–water partition coefficient (Wildman–Crippen LogP) is 0.808. The number of hydrogen-bond acceptors (Lipinski definition) is 5. The summed E-state index contributed by atoms with van der Waals surface area (Å²) < 4.78 is 0. The average molecular weight is 352 g/mol. The number of terminal acetylenes is 1. The molecule has 0 spiro atoms. The van der Waals surface area contributed by atoms with Gasteiger partial charge in [0.05, 0.1) is 24.7 Å². The van der Waals surface area contributed by atoms with Crippen molar-refractivity contribution in [2.45, 2.75) is 45.3 Å². The summed E-state index contributed by atoms with van der Waals surface area (Å²) in [7, 11) is 1.94. The van der Waals surface area contributed by atoms with Crippen LogP contribution < -0.4 is 5.32 Å². The van der Waals surface area contributed by atoms with E-state index in [1.165, 1.54) is 0 Å². The number of aliphatic hydroxyl groups is 2. The first-order valence-electron chi connectivity index (χ1n) is 6.66. The highest BCUT2D eigenvalue weighted by Crippen LogP contribution is 1.97. The van der Waals surface area contributed by atoms with Crippen LogP contribution in [0.25, 0.3) is 0 Å². The summed E-state index contributed by atoms with van der Waals surface area (Å²) in [5.41, 5.74) is 0. The Hall–Kier alpha value is -0.410. The van der Waals surface area contributed by atoms with Gasteiger partial charge in [0.1, 0.15) is 0 Å². The third-order valence-electron chi connectivity index (χ3n) is 2.73. The summed E-state index contributed by atoms with van der Waals surface area (Å²) in [6, 6.07) is 1.95. The van der Waals surface area contributed by atoms with E-state index < -0.39 is 12.2 Å². The molecular formula is C15H33N3O2S2. The average Bonchev–Trinajstić information content (AvgIpc) is 2.34. The van der Waals surface area contributed by atoms with Crippen LogP contribution in [-0.4, -0.2) is 60.5 Å². The van der Waals surface area contributed by atoms with Gasteiger partial charge in [-0.25, -0.2) is 0 Å². The lowest BCUT2D eigenvalue weighted by atomic mass is 10.2. The van der Waals surface area contributed by atoms with E-state index in [-0.39, 0.29) is 40.8 Å². The van der Waals surface area contributed by atoms with E-state index in [1.807, 2.05) is 18.0 Å². The number of aliphatic hydroxyl groups excluding tert-OH is 2. The summed E-state index contributed by atoms with van der Waals surface area (Å²) in [6.45, 7) is 2.79. The molecule has 0 aliphatic heterocycles. The van der Waals surface area contributed by atoms with Gasteiger partial charge in [0, 0.05) is 19.5 Å². The first-order chi connectivity index (χ1) is 9.10. The van der Waals surface area contributed by atoms with Crippen LogP contribution in [0.3, 0.4) is 0 Å². The predicted molar refractivity (Wildman–Crippen MR) is 103 cm³/mol. The van der Waals surface area contributed by atoms with Crippen molar-refractivity contribution >= 4 is 27.0 Å². The van der Waals surface area contributed by atoms with Crippen molar-refractivity contribution in [2.24, 2.45) is 0 Å². The molecule has 0 aromatic rings. The summed E-state index contributed by atoms with van der Waals surface area (Å²) in [5.74, 6) is 2.42. The molecule has 3 N–H and O–H groups in total. The van der Waals surface area contributed by atoms with Gasteiger partial charge < -0.3 is 20.4 Å². The van der Waals surface area contributed by atoms with Gasteiger partial charge in [-0.2, -0.15) is 32.3 Å². The molecule has 0 bridgehead atoms. The number of nitrogens with zero attached hydrogens (tertiary/aromatic N) is 2. The molecule has 0 aliphatic rings. The van der Waals surface area contributed by atoms with Crippen molar-refractivity contribution in [3.8, 4) is 18.4 Å². The molecule has 0 aliphatic carbocycles. The lowest BCUT2D eigenvalue weighted by Crippen LogP contribution is -2.31. The number of rotatable bonds is 11. The maximum atomic E-state index is 9.45. The zero-order valence-corrected chi connectivity index (χ0v) is 14.7. The Morgan fingerprint density at radius 3 is 2.36 bits per heavy atom. The Morgan fingerprint density at radius 1 is 1.18 bits per heavy atom. The van der Waals surface area contributed by atoms with E-state index in [0.717, 1.165) is 25.9 Å². The van der Waals surface area contributed by atoms with Crippen LogP contribution in [-0.2, 0) is 0 Å². The Bertz CT molecular complexity index is 306. The van der Waals surface area contributed by atoms with Gasteiger partial charge in [0.25, 0.3) is 0 Å². The number of unbranched alkanes of at least 4 members (excludes halogenated alkanes) is 1. The molecular weight excluding hydrogens is 318 g/mol. The lowest BCUT2D eigenvalue weighted by molar-refractivity contribution is 0.128. The Kier molecular flexibility index (Phi) is 27.7. The number of nitriles is 1. The minimum absolute atomic E-state index is 0. The molecule has 0 amide bonds. The SMILES string of the molecule is C.C#CC[C@H](O)CNCCCCN(C)C[C@@H](O)CC#N.S.S. The molecule has 0 rings (SSSR count). The molecule has 0 unspecified atom stereocenters. The van der Waals surface area contributed by atoms with Gasteiger partial charge >= 0.3 is 0 Å². The van der Waals surface area contributed by atoms with Gasteiger partial charge in [0.2, 0.25) is 0 Å². The van der Waals surface area contributed by atoms with Gasteiger partial charge in [-0.05, 0) is 33.0 Å². The molecule has 0 radical (unpaired) electrons. The zero-order chi connectivity index (χ0) is 14.5. The van der Waals surface area contributed by atoms with E-state index in [2.05, 4.69) is 11.2 Å². The second-order valence-corrected chi connectivity index (χ2v) is 4.75. The van der Waals surface area contributed by atoms with Crippen LogP contribution in [0.15, 0.2) is 0 Å². The Balaban J connectivity index is -0.000000540. The van der Waals surface area contributed by atoms with Crippen LogP contribution >= 0.6 is 27.0 Å². The van der Waals surface area contributed by atoms with Gasteiger partial charge in [-0.1, -0.05) is 7.43 Å². The molecule has 0 aromatic carbocycles. The molecule has 5 nitrogen and oxygen atoms in total. The van der Waals surface area contributed by atoms with Gasteiger partial charge in [-0.15, -0.1) is 12.3 Å². The Labute approximate surface area is 150 Å². The van der Waals surface area contributed by atoms with Crippen LogP contribution in [0.4, 0.5) is 0 Å². The van der Waals surface area contributed by atoms with Crippen molar-refractivity contribution in [3.63, 3.8) is 0 Å². The fourth-order valence-corrected chi connectivity index (χ4v) is 1.73. The molecule has 7 heteroatoms. The Morgan fingerprint density at radius 2 is 1.82 bits per heavy atom. The van der Waals surface area contributed by atoms with E-state index in [0.29, 0.717) is 19.5 Å². The van der Waals surface area contributed by atoms with Crippen LogP contribution in [0.2, 0.25) is 0 Å². The summed E-state index contributed by atoms with van der Waals surface area (Å²) in [5, 5.41) is 30.4.